The van der Waals surface area contributed by atoms with E-state index in [-0.39, 0.29) is 11.7 Å². The summed E-state index contributed by atoms with van der Waals surface area (Å²) in [6, 6.07) is 0. The van der Waals surface area contributed by atoms with E-state index in [4.69, 9.17) is 0 Å². The molecule has 0 aromatic carbocycles. The third kappa shape index (κ3) is 3.22. The van der Waals surface area contributed by atoms with Crippen LogP contribution in [0, 0.1) is 5.92 Å². The zero-order valence-electron chi connectivity index (χ0n) is 7.62. The number of ketones is 1. The normalized spacial score (nSPS) is 10.5. The molecule has 13 heavy (non-hydrogen) atoms. The SMILES string of the molecule is CC(C)C(=O)Cc1ncc(Br)cn1. The molecule has 1 rings (SSSR count). The molecule has 0 aliphatic rings. The lowest BCUT2D eigenvalue weighted by Crippen LogP contribution is -2.12. The molecule has 0 bridgehead atoms. The third-order valence-electron chi connectivity index (χ3n) is 1.65. The van der Waals surface area contributed by atoms with Gasteiger partial charge in [-0.1, -0.05) is 13.8 Å². The van der Waals surface area contributed by atoms with Gasteiger partial charge in [0.15, 0.2) is 0 Å². The number of hydrogen-bond acceptors (Lipinski definition) is 3. The van der Waals surface area contributed by atoms with Crippen LogP contribution in [-0.4, -0.2) is 15.8 Å². The summed E-state index contributed by atoms with van der Waals surface area (Å²) in [4.78, 5) is 19.3. The highest BCUT2D eigenvalue weighted by Gasteiger charge is 2.09. The van der Waals surface area contributed by atoms with E-state index in [1.54, 1.807) is 12.4 Å². The van der Waals surface area contributed by atoms with Crippen molar-refractivity contribution < 1.29 is 4.79 Å². The molecule has 0 radical (unpaired) electrons. The molecule has 3 nitrogen and oxygen atoms in total. The maximum absolute atomic E-state index is 11.3. The fourth-order valence-electron chi connectivity index (χ4n) is 0.790. The van der Waals surface area contributed by atoms with Crippen LogP contribution in [0.5, 0.6) is 0 Å². The Morgan fingerprint density at radius 1 is 1.46 bits per heavy atom. The van der Waals surface area contributed by atoms with E-state index >= 15 is 0 Å². The van der Waals surface area contributed by atoms with Crippen molar-refractivity contribution in [2.45, 2.75) is 20.3 Å². The van der Waals surface area contributed by atoms with Gasteiger partial charge in [0.2, 0.25) is 0 Å². The van der Waals surface area contributed by atoms with Crippen LogP contribution in [0.15, 0.2) is 16.9 Å². The van der Waals surface area contributed by atoms with E-state index < -0.39 is 0 Å². The molecule has 1 aromatic heterocycles. The molecule has 4 heteroatoms. The predicted molar refractivity (Wildman–Crippen MR) is 53.3 cm³/mol. The third-order valence-corrected chi connectivity index (χ3v) is 2.06. The minimum absolute atomic E-state index is 0.0484. The van der Waals surface area contributed by atoms with Gasteiger partial charge < -0.3 is 0 Å². The largest absolute Gasteiger partial charge is 0.299 e. The standard InChI is InChI=1S/C9H11BrN2O/c1-6(2)8(13)3-9-11-4-7(10)5-12-9/h4-6H,3H2,1-2H3. The number of Topliss-reactive ketones (excluding diaryl/α,β-unsaturated/α-hetero) is 1. The van der Waals surface area contributed by atoms with Gasteiger partial charge in [0.1, 0.15) is 11.6 Å². The monoisotopic (exact) mass is 242 g/mol. The second-order valence-corrected chi connectivity index (χ2v) is 4.03. The molecule has 1 aromatic rings. The molecule has 0 spiro atoms. The van der Waals surface area contributed by atoms with Gasteiger partial charge in [-0.05, 0) is 15.9 Å². The van der Waals surface area contributed by atoms with Crippen molar-refractivity contribution in [2.75, 3.05) is 0 Å². The summed E-state index contributed by atoms with van der Waals surface area (Å²) < 4.78 is 0.827. The summed E-state index contributed by atoms with van der Waals surface area (Å²) in [5.41, 5.74) is 0. The lowest BCUT2D eigenvalue weighted by Gasteiger charge is -2.02. The molecule has 1 heterocycles. The zero-order valence-corrected chi connectivity index (χ0v) is 9.21. The summed E-state index contributed by atoms with van der Waals surface area (Å²) in [6.07, 6.45) is 3.62. The van der Waals surface area contributed by atoms with Gasteiger partial charge in [-0.25, -0.2) is 9.97 Å². The Labute approximate surface area is 85.7 Å². The minimum atomic E-state index is 0.0484. The maximum Gasteiger partial charge on any atom is 0.142 e. The summed E-state index contributed by atoms with van der Waals surface area (Å²) in [5.74, 6) is 0.802. The number of aromatic nitrogens is 2. The van der Waals surface area contributed by atoms with E-state index in [1.165, 1.54) is 0 Å². The van der Waals surface area contributed by atoms with Crippen LogP contribution in [0.1, 0.15) is 19.7 Å². The molecular weight excluding hydrogens is 232 g/mol. The average Bonchev–Trinajstić information content (AvgIpc) is 2.08. The van der Waals surface area contributed by atoms with E-state index in [2.05, 4.69) is 25.9 Å². The lowest BCUT2D eigenvalue weighted by atomic mass is 10.1. The zero-order chi connectivity index (χ0) is 9.84. The highest BCUT2D eigenvalue weighted by atomic mass is 79.9. The molecule has 0 aliphatic carbocycles. The number of nitrogens with zero attached hydrogens (tertiary/aromatic N) is 2. The van der Waals surface area contributed by atoms with Crippen molar-refractivity contribution >= 4 is 21.7 Å². The van der Waals surface area contributed by atoms with Crippen LogP contribution in [0.25, 0.3) is 0 Å². The van der Waals surface area contributed by atoms with Gasteiger partial charge in [-0.15, -0.1) is 0 Å². The lowest BCUT2D eigenvalue weighted by molar-refractivity contribution is -0.121. The highest BCUT2D eigenvalue weighted by molar-refractivity contribution is 9.10. The van der Waals surface area contributed by atoms with Crippen molar-refractivity contribution in [2.24, 2.45) is 5.92 Å². The van der Waals surface area contributed by atoms with E-state index in [0.717, 1.165) is 4.47 Å². The Morgan fingerprint density at radius 2 is 2.00 bits per heavy atom. The Hall–Kier alpha value is -0.770. The van der Waals surface area contributed by atoms with Gasteiger partial charge in [-0.3, -0.25) is 4.79 Å². The molecule has 0 aliphatic heterocycles. The quantitative estimate of drug-likeness (QED) is 0.815. The summed E-state index contributed by atoms with van der Waals surface area (Å²) in [6.45, 7) is 3.75. The van der Waals surface area contributed by atoms with Crippen LogP contribution >= 0.6 is 15.9 Å². The smallest absolute Gasteiger partial charge is 0.142 e. The first kappa shape index (κ1) is 10.3. The van der Waals surface area contributed by atoms with Crippen LogP contribution in [0.2, 0.25) is 0 Å². The molecule has 70 valence electrons. The number of carbonyl (C=O) groups is 1. The molecule has 0 atom stereocenters. The van der Waals surface area contributed by atoms with Crippen molar-refractivity contribution in [3.63, 3.8) is 0 Å². The number of rotatable bonds is 3. The Kier molecular flexibility index (Phi) is 3.54. The Bertz CT molecular complexity index is 295. The van der Waals surface area contributed by atoms with Crippen molar-refractivity contribution in [1.29, 1.82) is 0 Å². The average molecular weight is 243 g/mol. The molecule has 0 amide bonds. The van der Waals surface area contributed by atoms with Crippen molar-refractivity contribution in [3.05, 3.63) is 22.7 Å². The fourth-order valence-corrected chi connectivity index (χ4v) is 0.995. The topological polar surface area (TPSA) is 42.9 Å². The van der Waals surface area contributed by atoms with Gasteiger partial charge >= 0.3 is 0 Å². The second kappa shape index (κ2) is 4.46. The van der Waals surface area contributed by atoms with Crippen molar-refractivity contribution in [3.8, 4) is 0 Å². The van der Waals surface area contributed by atoms with Crippen LogP contribution in [-0.2, 0) is 11.2 Å². The van der Waals surface area contributed by atoms with Gasteiger partial charge in [0.05, 0.1) is 10.9 Å². The van der Waals surface area contributed by atoms with E-state index in [1.807, 2.05) is 13.8 Å². The fraction of sp³-hybridized carbons (Fsp3) is 0.444. The molecule has 0 fully saturated rings. The first-order valence-corrected chi connectivity index (χ1v) is 4.88. The number of carbonyl (C=O) groups excluding carboxylic acids is 1. The molecule has 0 saturated heterocycles. The Balaban J connectivity index is 2.65. The second-order valence-electron chi connectivity index (χ2n) is 3.12. The first-order valence-electron chi connectivity index (χ1n) is 4.08. The minimum Gasteiger partial charge on any atom is -0.299 e. The van der Waals surface area contributed by atoms with E-state index in [0.29, 0.717) is 12.2 Å². The number of hydrogen-bond donors (Lipinski definition) is 0. The molecule has 0 N–H and O–H groups in total. The van der Waals surface area contributed by atoms with E-state index in [9.17, 15) is 4.79 Å². The van der Waals surface area contributed by atoms with Gasteiger partial charge in [-0.2, -0.15) is 0 Å². The van der Waals surface area contributed by atoms with Crippen LogP contribution in [0.3, 0.4) is 0 Å². The highest BCUT2D eigenvalue weighted by Crippen LogP contribution is 2.06. The summed E-state index contributed by atoms with van der Waals surface area (Å²) >= 11 is 3.23. The first-order chi connectivity index (χ1) is 6.09. The van der Waals surface area contributed by atoms with Crippen LogP contribution in [0.4, 0.5) is 0 Å². The summed E-state index contributed by atoms with van der Waals surface area (Å²) in [5, 5.41) is 0. The molecular formula is C9H11BrN2O. The Morgan fingerprint density at radius 3 is 2.46 bits per heavy atom. The predicted octanol–water partition coefficient (Wildman–Crippen LogP) is 2.01. The summed E-state index contributed by atoms with van der Waals surface area (Å²) in [7, 11) is 0. The molecule has 0 saturated carbocycles. The van der Waals surface area contributed by atoms with Gasteiger partial charge in [0.25, 0.3) is 0 Å². The number of halogens is 1. The van der Waals surface area contributed by atoms with Crippen molar-refractivity contribution in [1.82, 2.24) is 9.97 Å². The maximum atomic E-state index is 11.3. The van der Waals surface area contributed by atoms with Crippen LogP contribution < -0.4 is 0 Å². The van der Waals surface area contributed by atoms with Gasteiger partial charge in [0, 0.05) is 18.3 Å². The molecule has 0 unspecified atom stereocenters.